The molecule has 1 saturated heterocycles. The van der Waals surface area contributed by atoms with E-state index in [-0.39, 0.29) is 29.7 Å². The van der Waals surface area contributed by atoms with E-state index in [0.29, 0.717) is 16.9 Å². The number of Topliss-reactive ketones (excluding diaryl/α,β-unsaturated/α-hetero) is 2. The molecule has 4 aliphatic rings. The highest BCUT2D eigenvalue weighted by atomic mass is 16.3. The van der Waals surface area contributed by atoms with Crippen LogP contribution in [0.5, 0.6) is 5.75 Å². The number of fused-ring (bicyclic) bond motifs is 4. The van der Waals surface area contributed by atoms with Crippen LogP contribution in [0.2, 0.25) is 0 Å². The summed E-state index contributed by atoms with van der Waals surface area (Å²) >= 11 is 0. The van der Waals surface area contributed by atoms with Crippen LogP contribution in [-0.2, 0) is 22.6 Å². The topological polar surface area (TPSA) is 165 Å². The van der Waals surface area contributed by atoms with E-state index in [1.165, 1.54) is 4.90 Å². The SMILES string of the molecule is CC1CN(Cc2ccc3cc4c(c(O)c3c2)C(=O)C2=C(O)[C@]3(O)C(=O)C(C(N)=O)=C(O)[C@@H](N(C)C)[C@@H]3C[C@@H]2C4)C1. The van der Waals surface area contributed by atoms with Crippen molar-refractivity contribution in [3.05, 3.63) is 63.6 Å². The summed E-state index contributed by atoms with van der Waals surface area (Å²) in [5.41, 5.74) is 3.41. The molecule has 6 N–H and O–H groups in total. The van der Waals surface area contributed by atoms with Crippen molar-refractivity contribution in [2.45, 2.75) is 38.0 Å². The van der Waals surface area contributed by atoms with Crippen LogP contribution in [-0.4, -0.2) is 86.5 Å². The number of benzene rings is 2. The number of hydrogen-bond donors (Lipinski definition) is 5. The molecule has 4 atom stereocenters. The summed E-state index contributed by atoms with van der Waals surface area (Å²) in [6.07, 6.45) is 0.337. The van der Waals surface area contributed by atoms with Gasteiger partial charge in [-0.05, 0) is 61.4 Å². The maximum Gasteiger partial charge on any atom is 0.255 e. The van der Waals surface area contributed by atoms with E-state index in [1.54, 1.807) is 14.1 Å². The number of phenols is 1. The summed E-state index contributed by atoms with van der Waals surface area (Å²) in [5, 5.41) is 46.7. The largest absolute Gasteiger partial charge is 0.510 e. The summed E-state index contributed by atoms with van der Waals surface area (Å²) in [4.78, 5) is 43.3. The number of hydrogen-bond acceptors (Lipinski definition) is 9. The quantitative estimate of drug-likeness (QED) is 0.359. The molecule has 3 aliphatic carbocycles. The third-order valence-electron chi connectivity index (χ3n) is 9.14. The van der Waals surface area contributed by atoms with Crippen LogP contribution < -0.4 is 5.73 Å². The van der Waals surface area contributed by atoms with E-state index in [0.717, 1.165) is 30.6 Å². The molecule has 40 heavy (non-hydrogen) atoms. The number of ketones is 2. The first-order valence-corrected chi connectivity index (χ1v) is 13.5. The number of likely N-dealkylation sites (N-methyl/N-ethyl adjacent to an activating group) is 1. The molecule has 1 fully saturated rings. The minimum absolute atomic E-state index is 0.0306. The Hall–Kier alpha value is -3.73. The molecule has 1 heterocycles. The van der Waals surface area contributed by atoms with E-state index >= 15 is 0 Å². The molecule has 6 rings (SSSR count). The smallest absolute Gasteiger partial charge is 0.255 e. The van der Waals surface area contributed by atoms with Gasteiger partial charge < -0.3 is 26.2 Å². The Bertz CT molecular complexity index is 1570. The van der Waals surface area contributed by atoms with Crippen molar-refractivity contribution < 1.29 is 34.8 Å². The Labute approximate surface area is 231 Å². The number of aromatic hydroxyl groups is 1. The van der Waals surface area contributed by atoms with Crippen LogP contribution in [0.25, 0.3) is 10.8 Å². The Kier molecular flexibility index (Phi) is 5.89. The predicted octanol–water partition coefficient (Wildman–Crippen LogP) is 1.73. The lowest BCUT2D eigenvalue weighted by atomic mass is 9.58. The number of aliphatic hydroxyl groups is 3. The molecule has 0 radical (unpaired) electrons. The zero-order valence-corrected chi connectivity index (χ0v) is 22.6. The average molecular weight is 548 g/mol. The van der Waals surface area contributed by atoms with Crippen molar-refractivity contribution in [1.29, 1.82) is 0 Å². The molecule has 0 spiro atoms. The molecular weight excluding hydrogens is 514 g/mol. The fourth-order valence-electron chi connectivity index (χ4n) is 7.38. The van der Waals surface area contributed by atoms with Gasteiger partial charge in [0.05, 0.1) is 11.6 Å². The Morgan fingerprint density at radius 3 is 2.48 bits per heavy atom. The molecule has 0 saturated carbocycles. The summed E-state index contributed by atoms with van der Waals surface area (Å²) < 4.78 is 0. The number of carbonyl (C=O) groups is 3. The van der Waals surface area contributed by atoms with Gasteiger partial charge in [0.25, 0.3) is 5.91 Å². The number of nitrogens with zero attached hydrogens (tertiary/aromatic N) is 2. The zero-order chi connectivity index (χ0) is 28.8. The lowest BCUT2D eigenvalue weighted by molar-refractivity contribution is -0.148. The highest BCUT2D eigenvalue weighted by Crippen LogP contribution is 2.52. The number of allylic oxidation sites excluding steroid dienone is 1. The molecule has 0 bridgehead atoms. The van der Waals surface area contributed by atoms with Crippen molar-refractivity contribution in [1.82, 2.24) is 9.80 Å². The molecule has 1 aliphatic heterocycles. The number of phenolic OH excluding ortho intramolecular Hbond substituents is 1. The normalized spacial score (nSPS) is 29.0. The number of aliphatic hydroxyl groups excluding tert-OH is 2. The van der Waals surface area contributed by atoms with E-state index in [9.17, 15) is 34.8 Å². The van der Waals surface area contributed by atoms with Crippen LogP contribution >= 0.6 is 0 Å². The molecule has 2 aromatic rings. The molecule has 10 heteroatoms. The number of nitrogens with two attached hydrogens (primary N) is 1. The second-order valence-corrected chi connectivity index (χ2v) is 12.1. The van der Waals surface area contributed by atoms with Crippen molar-refractivity contribution in [2.75, 3.05) is 27.2 Å². The molecule has 210 valence electrons. The van der Waals surface area contributed by atoms with Gasteiger partial charge in [-0.2, -0.15) is 0 Å². The molecular formula is C30H33N3O7. The van der Waals surface area contributed by atoms with Gasteiger partial charge in [-0.1, -0.05) is 25.1 Å². The first-order chi connectivity index (χ1) is 18.8. The molecule has 0 aromatic heterocycles. The second-order valence-electron chi connectivity index (χ2n) is 12.1. The van der Waals surface area contributed by atoms with Gasteiger partial charge in [-0.3, -0.25) is 24.2 Å². The number of primary amides is 1. The average Bonchev–Trinajstić information content (AvgIpc) is 2.85. The van der Waals surface area contributed by atoms with Crippen LogP contribution in [0.3, 0.4) is 0 Å². The van der Waals surface area contributed by atoms with Gasteiger partial charge >= 0.3 is 0 Å². The van der Waals surface area contributed by atoms with Gasteiger partial charge in [-0.15, -0.1) is 0 Å². The van der Waals surface area contributed by atoms with E-state index in [2.05, 4.69) is 11.8 Å². The van der Waals surface area contributed by atoms with Crippen molar-refractivity contribution >= 4 is 28.2 Å². The van der Waals surface area contributed by atoms with Gasteiger partial charge in [-0.25, -0.2) is 0 Å². The maximum absolute atomic E-state index is 13.9. The maximum atomic E-state index is 13.9. The first-order valence-electron chi connectivity index (χ1n) is 13.5. The minimum atomic E-state index is -2.64. The summed E-state index contributed by atoms with van der Waals surface area (Å²) in [6.45, 7) is 4.93. The molecule has 0 unspecified atom stereocenters. The van der Waals surface area contributed by atoms with Gasteiger partial charge in [0.2, 0.25) is 5.78 Å². The third kappa shape index (κ3) is 3.56. The standard InChI is InChI=1S/C30H33N3O7/c1-13-10-33(11-13)12-14-4-5-15-7-16-8-17-9-19-23(32(2)3)26(36)22(29(31)39)28(38)30(19,40)27(37)21(17)25(35)20(16)24(34)18(15)6-14/h4-7,13,17,19,23,34,36-37,40H,8-12H2,1-3H3,(H2,31,39)/t17-,19-,23-,30-/m0/s1. The summed E-state index contributed by atoms with van der Waals surface area (Å²) in [5.74, 6) is -5.78. The van der Waals surface area contributed by atoms with Gasteiger partial charge in [0.15, 0.2) is 11.4 Å². The van der Waals surface area contributed by atoms with Crippen LogP contribution in [0.1, 0.15) is 34.8 Å². The predicted molar refractivity (Wildman–Crippen MR) is 146 cm³/mol. The summed E-state index contributed by atoms with van der Waals surface area (Å²) in [7, 11) is 3.21. The molecule has 1 amide bonds. The fraction of sp³-hybridized carbons (Fsp3) is 0.433. The first kappa shape index (κ1) is 26.5. The lowest BCUT2D eigenvalue weighted by Gasteiger charge is -2.50. The van der Waals surface area contributed by atoms with Gasteiger partial charge in [0.1, 0.15) is 22.8 Å². The minimum Gasteiger partial charge on any atom is -0.510 e. The van der Waals surface area contributed by atoms with E-state index < -0.39 is 58.0 Å². The van der Waals surface area contributed by atoms with Crippen LogP contribution in [0.15, 0.2) is 46.9 Å². The third-order valence-corrected chi connectivity index (χ3v) is 9.14. The Balaban J connectivity index is 1.47. The van der Waals surface area contributed by atoms with Crippen molar-refractivity contribution in [2.24, 2.45) is 23.5 Å². The van der Waals surface area contributed by atoms with E-state index in [1.807, 2.05) is 24.3 Å². The van der Waals surface area contributed by atoms with Gasteiger partial charge in [0, 0.05) is 36.5 Å². The number of amides is 1. The number of rotatable bonds is 4. The van der Waals surface area contributed by atoms with Crippen molar-refractivity contribution in [3.63, 3.8) is 0 Å². The van der Waals surface area contributed by atoms with Crippen LogP contribution in [0, 0.1) is 17.8 Å². The molecule has 2 aromatic carbocycles. The second kappa shape index (κ2) is 8.89. The summed E-state index contributed by atoms with van der Waals surface area (Å²) in [6, 6.07) is 6.66. The zero-order valence-electron chi connectivity index (χ0n) is 22.6. The molecule has 10 nitrogen and oxygen atoms in total. The van der Waals surface area contributed by atoms with Crippen LogP contribution in [0.4, 0.5) is 0 Å². The number of carbonyl (C=O) groups excluding carboxylic acids is 3. The fourth-order valence-corrected chi connectivity index (χ4v) is 7.38. The van der Waals surface area contributed by atoms with Crippen molar-refractivity contribution in [3.8, 4) is 5.75 Å². The highest BCUT2D eigenvalue weighted by Gasteiger charge is 2.63. The number of likely N-dealkylation sites (tertiary alicyclic amines) is 1. The Morgan fingerprint density at radius 2 is 1.85 bits per heavy atom. The monoisotopic (exact) mass is 547 g/mol. The lowest BCUT2D eigenvalue weighted by Crippen LogP contribution is -2.63. The highest BCUT2D eigenvalue weighted by molar-refractivity contribution is 6.25. The Morgan fingerprint density at radius 1 is 1.15 bits per heavy atom. The van der Waals surface area contributed by atoms with E-state index in [4.69, 9.17) is 5.73 Å².